The van der Waals surface area contributed by atoms with Crippen LogP contribution in [0.2, 0.25) is 0 Å². The van der Waals surface area contributed by atoms with Gasteiger partial charge in [0.05, 0.1) is 12.8 Å². The average molecular weight is 462 g/mol. The van der Waals surface area contributed by atoms with E-state index in [-0.39, 0.29) is 17.9 Å². The van der Waals surface area contributed by atoms with Crippen molar-refractivity contribution >= 4 is 17.5 Å². The molecular formula is C27H31N3O4. The third-order valence-corrected chi connectivity index (χ3v) is 6.17. The lowest BCUT2D eigenvalue weighted by molar-refractivity contribution is -0.122. The Balaban J connectivity index is 1.46. The van der Waals surface area contributed by atoms with Crippen LogP contribution in [-0.2, 0) is 4.79 Å². The van der Waals surface area contributed by atoms with E-state index < -0.39 is 6.04 Å². The van der Waals surface area contributed by atoms with Crippen molar-refractivity contribution in [1.29, 1.82) is 0 Å². The highest BCUT2D eigenvalue weighted by molar-refractivity contribution is 5.97. The summed E-state index contributed by atoms with van der Waals surface area (Å²) in [5.41, 5.74) is 2.63. The van der Waals surface area contributed by atoms with Crippen molar-refractivity contribution in [1.82, 2.24) is 10.2 Å². The lowest BCUT2D eigenvalue weighted by Gasteiger charge is -2.37. The first-order chi connectivity index (χ1) is 16.4. The molecule has 0 spiro atoms. The average Bonchev–Trinajstić information content (AvgIpc) is 3.28. The maximum Gasteiger partial charge on any atom is 0.287 e. The van der Waals surface area contributed by atoms with E-state index >= 15 is 0 Å². The number of carbonyl (C=O) groups excluding carboxylic acids is 2. The molecule has 0 bridgehead atoms. The molecule has 2 aromatic carbocycles. The summed E-state index contributed by atoms with van der Waals surface area (Å²) in [5.74, 6) is 1.36. The molecule has 1 aromatic heterocycles. The molecule has 2 N–H and O–H groups in total. The molecule has 1 saturated heterocycles. The summed E-state index contributed by atoms with van der Waals surface area (Å²) >= 11 is 0. The normalized spacial score (nSPS) is 15.5. The lowest BCUT2D eigenvalue weighted by Crippen LogP contribution is -2.47. The van der Waals surface area contributed by atoms with Crippen LogP contribution in [0.4, 0.5) is 5.69 Å². The molecule has 1 fully saturated rings. The minimum Gasteiger partial charge on any atom is -0.495 e. The van der Waals surface area contributed by atoms with Crippen LogP contribution in [0.15, 0.2) is 65.1 Å². The van der Waals surface area contributed by atoms with Gasteiger partial charge in [-0.05, 0) is 62.1 Å². The molecule has 3 aromatic rings. The van der Waals surface area contributed by atoms with Gasteiger partial charge in [-0.1, -0.05) is 36.4 Å². The number of carbonyl (C=O) groups is 2. The smallest absolute Gasteiger partial charge is 0.287 e. The second-order valence-corrected chi connectivity index (χ2v) is 8.70. The molecule has 1 aliphatic heterocycles. The van der Waals surface area contributed by atoms with Gasteiger partial charge in [-0.2, -0.15) is 0 Å². The van der Waals surface area contributed by atoms with Crippen LogP contribution in [0.3, 0.4) is 0 Å². The molecular weight excluding hydrogens is 430 g/mol. The van der Waals surface area contributed by atoms with Gasteiger partial charge < -0.3 is 19.8 Å². The van der Waals surface area contributed by atoms with Crippen molar-refractivity contribution in [3.05, 3.63) is 83.3 Å². The number of piperidine rings is 1. The van der Waals surface area contributed by atoms with Gasteiger partial charge in [0.15, 0.2) is 5.76 Å². The van der Waals surface area contributed by atoms with Crippen molar-refractivity contribution in [3.8, 4) is 5.75 Å². The van der Waals surface area contributed by atoms with Crippen molar-refractivity contribution in [3.63, 3.8) is 0 Å². The number of rotatable bonds is 7. The quantitative estimate of drug-likeness (QED) is 0.542. The van der Waals surface area contributed by atoms with Gasteiger partial charge in [0.2, 0.25) is 5.91 Å². The fraction of sp³-hybridized carbons (Fsp3) is 0.333. The van der Waals surface area contributed by atoms with Gasteiger partial charge in [-0.15, -0.1) is 0 Å². The molecule has 1 aliphatic rings. The Hall–Kier alpha value is -3.58. The van der Waals surface area contributed by atoms with Gasteiger partial charge in [0, 0.05) is 19.1 Å². The van der Waals surface area contributed by atoms with Gasteiger partial charge in [0.25, 0.3) is 5.91 Å². The molecule has 0 saturated carbocycles. The standard InChI is InChI=1S/C27H31N3O4/c1-18-9-11-23(33-3)22(17-18)29-27(32)25(20-7-5-4-6-8-20)30-15-13-21(14-16-30)28-26(31)24-12-10-19(2)34-24/h4-12,17,21,25H,13-16H2,1-3H3,(H,28,31)(H,29,32). The Morgan fingerprint density at radius 1 is 1.03 bits per heavy atom. The molecule has 178 valence electrons. The summed E-state index contributed by atoms with van der Waals surface area (Å²) in [6, 6.07) is 18.6. The molecule has 7 nitrogen and oxygen atoms in total. The Kier molecular flexibility index (Phi) is 7.33. The molecule has 2 heterocycles. The maximum atomic E-state index is 13.5. The number of benzene rings is 2. The Morgan fingerprint density at radius 3 is 2.41 bits per heavy atom. The largest absolute Gasteiger partial charge is 0.495 e. The van der Waals surface area contributed by atoms with Crippen LogP contribution in [0.1, 0.15) is 46.3 Å². The zero-order valence-electron chi connectivity index (χ0n) is 19.8. The lowest BCUT2D eigenvalue weighted by atomic mass is 9.98. The number of anilines is 1. The van der Waals surface area contributed by atoms with Crippen molar-refractivity contribution in [2.75, 3.05) is 25.5 Å². The number of hydrogen-bond acceptors (Lipinski definition) is 5. The number of aryl methyl sites for hydroxylation is 2. The van der Waals surface area contributed by atoms with E-state index in [1.165, 1.54) is 0 Å². The molecule has 7 heteroatoms. The van der Waals surface area contributed by atoms with E-state index in [1.54, 1.807) is 19.2 Å². The zero-order valence-corrected chi connectivity index (χ0v) is 19.8. The summed E-state index contributed by atoms with van der Waals surface area (Å²) in [7, 11) is 1.60. The van der Waals surface area contributed by atoms with E-state index in [9.17, 15) is 9.59 Å². The van der Waals surface area contributed by atoms with E-state index in [4.69, 9.17) is 9.15 Å². The topological polar surface area (TPSA) is 83.8 Å². The van der Waals surface area contributed by atoms with Crippen molar-refractivity contribution in [2.45, 2.75) is 38.8 Å². The minimum atomic E-state index is -0.448. The Bertz CT molecular complexity index is 1130. The first-order valence-electron chi connectivity index (χ1n) is 11.6. The van der Waals surface area contributed by atoms with E-state index in [0.29, 0.717) is 36.0 Å². The third kappa shape index (κ3) is 5.48. The van der Waals surface area contributed by atoms with Crippen LogP contribution in [-0.4, -0.2) is 43.0 Å². The molecule has 1 unspecified atom stereocenters. The van der Waals surface area contributed by atoms with Gasteiger partial charge in [0.1, 0.15) is 17.6 Å². The van der Waals surface area contributed by atoms with E-state index in [0.717, 1.165) is 24.0 Å². The fourth-order valence-corrected chi connectivity index (χ4v) is 4.40. The number of hydrogen-bond donors (Lipinski definition) is 2. The molecule has 1 atom stereocenters. The Morgan fingerprint density at radius 2 is 1.76 bits per heavy atom. The van der Waals surface area contributed by atoms with Gasteiger partial charge >= 0.3 is 0 Å². The number of ether oxygens (including phenoxy) is 1. The summed E-state index contributed by atoms with van der Waals surface area (Å²) in [6.45, 7) is 5.16. The van der Waals surface area contributed by atoms with Crippen LogP contribution >= 0.6 is 0 Å². The molecule has 2 amide bonds. The number of nitrogens with one attached hydrogen (secondary N) is 2. The highest BCUT2D eigenvalue weighted by Crippen LogP contribution is 2.30. The van der Waals surface area contributed by atoms with Gasteiger partial charge in [-0.3, -0.25) is 14.5 Å². The summed E-state index contributed by atoms with van der Waals surface area (Å²) in [5, 5.41) is 6.14. The number of methoxy groups -OCH3 is 1. The second-order valence-electron chi connectivity index (χ2n) is 8.70. The number of furan rings is 1. The van der Waals surface area contributed by atoms with Crippen LogP contribution in [0.5, 0.6) is 5.75 Å². The fourth-order valence-electron chi connectivity index (χ4n) is 4.40. The van der Waals surface area contributed by atoms with Crippen molar-refractivity contribution in [2.24, 2.45) is 0 Å². The molecule has 0 radical (unpaired) electrons. The third-order valence-electron chi connectivity index (χ3n) is 6.17. The van der Waals surface area contributed by atoms with Gasteiger partial charge in [-0.25, -0.2) is 0 Å². The number of nitrogens with zero attached hydrogens (tertiary/aromatic N) is 1. The SMILES string of the molecule is COc1ccc(C)cc1NC(=O)C(c1ccccc1)N1CCC(NC(=O)c2ccc(C)o2)CC1. The summed E-state index contributed by atoms with van der Waals surface area (Å²) in [4.78, 5) is 28.2. The number of amides is 2. The highest BCUT2D eigenvalue weighted by Gasteiger charge is 2.32. The zero-order chi connectivity index (χ0) is 24.1. The predicted octanol–water partition coefficient (Wildman–Crippen LogP) is 4.48. The minimum absolute atomic E-state index is 0.0329. The number of likely N-dealkylation sites (tertiary alicyclic amines) is 1. The van der Waals surface area contributed by atoms with Crippen LogP contribution in [0.25, 0.3) is 0 Å². The van der Waals surface area contributed by atoms with Crippen LogP contribution in [0, 0.1) is 13.8 Å². The monoisotopic (exact) mass is 461 g/mol. The summed E-state index contributed by atoms with van der Waals surface area (Å²) in [6.07, 6.45) is 1.49. The van der Waals surface area contributed by atoms with Crippen LogP contribution < -0.4 is 15.4 Å². The summed E-state index contributed by atoms with van der Waals surface area (Å²) < 4.78 is 10.9. The molecule has 4 rings (SSSR count). The maximum absolute atomic E-state index is 13.5. The second kappa shape index (κ2) is 10.6. The first-order valence-corrected chi connectivity index (χ1v) is 11.6. The van der Waals surface area contributed by atoms with E-state index in [2.05, 4.69) is 15.5 Å². The first kappa shape index (κ1) is 23.6. The highest BCUT2D eigenvalue weighted by atomic mass is 16.5. The molecule has 0 aliphatic carbocycles. The van der Waals surface area contributed by atoms with Crippen molar-refractivity contribution < 1.29 is 18.7 Å². The Labute approximate surface area is 200 Å². The molecule has 34 heavy (non-hydrogen) atoms. The predicted molar refractivity (Wildman–Crippen MR) is 131 cm³/mol. The van der Waals surface area contributed by atoms with E-state index in [1.807, 2.05) is 62.4 Å².